The van der Waals surface area contributed by atoms with Crippen LogP contribution in [0.15, 0.2) is 53.3 Å². The van der Waals surface area contributed by atoms with E-state index in [9.17, 15) is 19.5 Å². The minimum Gasteiger partial charge on any atom is -0.506 e. The van der Waals surface area contributed by atoms with Crippen LogP contribution >= 0.6 is 0 Å². The Morgan fingerprint density at radius 3 is 2.47 bits per heavy atom. The lowest BCUT2D eigenvalue weighted by molar-refractivity contribution is 0.0499. The maximum absolute atomic E-state index is 13.0. The maximum atomic E-state index is 13.0. The number of carbonyl (C=O) groups is 2. The molecule has 7 nitrogen and oxygen atoms in total. The summed E-state index contributed by atoms with van der Waals surface area (Å²) in [5.74, 6) is -1.72. The SMILES string of the molecule is CCCCCCOC(=O)c1ccccc1NC(=O)c1c(O)c2ccccc2n(CC)c1=O. The lowest BCUT2D eigenvalue weighted by atomic mass is 10.1. The number of ether oxygens (including phenoxy) is 1. The number of benzene rings is 2. The summed E-state index contributed by atoms with van der Waals surface area (Å²) in [4.78, 5) is 38.5. The van der Waals surface area contributed by atoms with Crippen LogP contribution in [0, 0.1) is 0 Å². The van der Waals surface area contributed by atoms with Crippen molar-refractivity contribution in [1.29, 1.82) is 0 Å². The summed E-state index contributed by atoms with van der Waals surface area (Å²) in [6.07, 6.45) is 3.92. The number of hydrogen-bond donors (Lipinski definition) is 2. The van der Waals surface area contributed by atoms with Crippen LogP contribution in [0.2, 0.25) is 0 Å². The molecular formula is C25H28N2O5. The van der Waals surface area contributed by atoms with Gasteiger partial charge in [0.1, 0.15) is 11.3 Å². The molecule has 3 aromatic rings. The average Bonchev–Trinajstić information content (AvgIpc) is 2.79. The quantitative estimate of drug-likeness (QED) is 0.374. The third-order valence-electron chi connectivity index (χ3n) is 5.32. The first-order valence-electron chi connectivity index (χ1n) is 10.9. The Morgan fingerprint density at radius 1 is 1.00 bits per heavy atom. The van der Waals surface area contributed by atoms with E-state index in [4.69, 9.17) is 4.74 Å². The van der Waals surface area contributed by atoms with Crippen molar-refractivity contribution in [3.05, 3.63) is 70.0 Å². The molecule has 0 aliphatic carbocycles. The van der Waals surface area contributed by atoms with Gasteiger partial charge in [0.25, 0.3) is 11.5 Å². The number of hydrogen-bond acceptors (Lipinski definition) is 5. The minimum absolute atomic E-state index is 0.187. The Hall–Kier alpha value is -3.61. The van der Waals surface area contributed by atoms with Crippen molar-refractivity contribution in [2.75, 3.05) is 11.9 Å². The molecule has 168 valence electrons. The van der Waals surface area contributed by atoms with Crippen LogP contribution in [0.3, 0.4) is 0 Å². The Morgan fingerprint density at radius 2 is 1.72 bits per heavy atom. The molecule has 32 heavy (non-hydrogen) atoms. The van der Waals surface area contributed by atoms with E-state index < -0.39 is 17.4 Å². The monoisotopic (exact) mass is 436 g/mol. The molecule has 0 radical (unpaired) electrons. The van der Waals surface area contributed by atoms with Gasteiger partial charge in [0, 0.05) is 11.9 Å². The van der Waals surface area contributed by atoms with Crippen LogP contribution in [-0.4, -0.2) is 28.2 Å². The summed E-state index contributed by atoms with van der Waals surface area (Å²) >= 11 is 0. The maximum Gasteiger partial charge on any atom is 0.340 e. The number of aryl methyl sites for hydroxylation is 1. The highest BCUT2D eigenvalue weighted by atomic mass is 16.5. The zero-order valence-corrected chi connectivity index (χ0v) is 18.4. The molecule has 0 spiro atoms. The highest BCUT2D eigenvalue weighted by Crippen LogP contribution is 2.27. The van der Waals surface area contributed by atoms with Crippen molar-refractivity contribution < 1.29 is 19.4 Å². The molecule has 0 unspecified atom stereocenters. The molecule has 0 saturated heterocycles. The third kappa shape index (κ3) is 4.82. The summed E-state index contributed by atoms with van der Waals surface area (Å²) in [5.41, 5.74) is -0.0231. The van der Waals surface area contributed by atoms with Crippen molar-refractivity contribution >= 4 is 28.5 Å². The highest BCUT2D eigenvalue weighted by molar-refractivity contribution is 6.11. The smallest absolute Gasteiger partial charge is 0.340 e. The zero-order chi connectivity index (χ0) is 23.1. The minimum atomic E-state index is -0.788. The van der Waals surface area contributed by atoms with Gasteiger partial charge in [0.15, 0.2) is 0 Å². The summed E-state index contributed by atoms with van der Waals surface area (Å²) in [6.45, 7) is 4.53. The van der Waals surface area contributed by atoms with E-state index in [0.29, 0.717) is 24.1 Å². The highest BCUT2D eigenvalue weighted by Gasteiger charge is 2.23. The van der Waals surface area contributed by atoms with E-state index in [1.54, 1.807) is 55.5 Å². The number of anilines is 1. The first-order valence-corrected chi connectivity index (χ1v) is 10.9. The van der Waals surface area contributed by atoms with Crippen molar-refractivity contribution in [1.82, 2.24) is 4.57 Å². The number of aromatic hydroxyl groups is 1. The first-order chi connectivity index (χ1) is 15.5. The number of para-hydroxylation sites is 2. The normalized spacial score (nSPS) is 10.8. The van der Waals surface area contributed by atoms with E-state index in [0.717, 1.165) is 25.7 Å². The third-order valence-corrected chi connectivity index (χ3v) is 5.32. The Balaban J connectivity index is 1.88. The van der Waals surface area contributed by atoms with E-state index >= 15 is 0 Å². The predicted octanol–water partition coefficient (Wildman–Crippen LogP) is 4.72. The molecule has 7 heteroatoms. The topological polar surface area (TPSA) is 97.6 Å². The largest absolute Gasteiger partial charge is 0.506 e. The number of nitrogens with zero attached hydrogens (tertiary/aromatic N) is 1. The molecule has 0 bridgehead atoms. The van der Waals surface area contributed by atoms with Crippen LogP contribution in [0.4, 0.5) is 5.69 Å². The van der Waals surface area contributed by atoms with E-state index in [1.807, 2.05) is 0 Å². The van der Waals surface area contributed by atoms with E-state index in [-0.39, 0.29) is 22.6 Å². The van der Waals surface area contributed by atoms with Gasteiger partial charge in [-0.1, -0.05) is 50.5 Å². The van der Waals surface area contributed by atoms with E-state index in [1.165, 1.54) is 4.57 Å². The van der Waals surface area contributed by atoms with Crippen molar-refractivity contribution in [2.24, 2.45) is 0 Å². The number of unbranched alkanes of at least 4 members (excludes halogenated alkanes) is 3. The van der Waals surface area contributed by atoms with Gasteiger partial charge < -0.3 is 19.7 Å². The summed E-state index contributed by atoms with van der Waals surface area (Å²) in [5, 5.41) is 13.7. The van der Waals surface area contributed by atoms with Crippen LogP contribution in [0.25, 0.3) is 10.9 Å². The molecule has 0 atom stereocenters. The van der Waals surface area contributed by atoms with Crippen LogP contribution in [-0.2, 0) is 11.3 Å². The Labute approximate surface area is 186 Å². The second kappa shape index (κ2) is 10.6. The number of carbonyl (C=O) groups excluding carboxylic acids is 2. The predicted molar refractivity (Wildman–Crippen MR) is 124 cm³/mol. The fourth-order valence-electron chi connectivity index (χ4n) is 3.63. The molecule has 2 N–H and O–H groups in total. The zero-order valence-electron chi connectivity index (χ0n) is 18.4. The van der Waals surface area contributed by atoms with Gasteiger partial charge in [-0.3, -0.25) is 9.59 Å². The number of amides is 1. The number of aromatic nitrogens is 1. The number of esters is 1. The van der Waals surface area contributed by atoms with Gasteiger partial charge in [0.2, 0.25) is 0 Å². The Kier molecular flexibility index (Phi) is 7.65. The molecule has 1 amide bonds. The molecule has 2 aromatic carbocycles. The van der Waals surface area contributed by atoms with Gasteiger partial charge in [-0.15, -0.1) is 0 Å². The molecule has 0 fully saturated rings. The van der Waals surface area contributed by atoms with Gasteiger partial charge in [-0.05, 0) is 37.6 Å². The van der Waals surface area contributed by atoms with Gasteiger partial charge >= 0.3 is 5.97 Å². The summed E-state index contributed by atoms with van der Waals surface area (Å²) in [6, 6.07) is 13.3. The fourth-order valence-corrected chi connectivity index (χ4v) is 3.63. The molecular weight excluding hydrogens is 408 g/mol. The molecule has 0 aliphatic rings. The second-order valence-electron chi connectivity index (χ2n) is 7.49. The lowest BCUT2D eigenvalue weighted by Crippen LogP contribution is -2.29. The van der Waals surface area contributed by atoms with Crippen molar-refractivity contribution in [3.8, 4) is 5.75 Å². The lowest BCUT2D eigenvalue weighted by Gasteiger charge is -2.15. The molecule has 1 heterocycles. The molecule has 3 rings (SSSR count). The van der Waals surface area contributed by atoms with E-state index in [2.05, 4.69) is 12.2 Å². The summed E-state index contributed by atoms with van der Waals surface area (Å²) in [7, 11) is 0. The molecule has 0 saturated carbocycles. The standard InChI is InChI=1S/C25H28N2O5/c1-3-5-6-11-16-32-25(31)17-12-7-9-14-19(17)26-23(29)21-22(28)18-13-8-10-15-20(18)27(4-2)24(21)30/h7-10,12-15,28H,3-6,11,16H2,1-2H3,(H,26,29). The van der Waals surface area contributed by atoms with Gasteiger partial charge in [-0.2, -0.15) is 0 Å². The number of nitrogens with one attached hydrogen (secondary N) is 1. The van der Waals surface area contributed by atoms with Crippen LogP contribution in [0.5, 0.6) is 5.75 Å². The van der Waals surface area contributed by atoms with Crippen LogP contribution in [0.1, 0.15) is 60.2 Å². The van der Waals surface area contributed by atoms with Gasteiger partial charge in [0.05, 0.1) is 23.4 Å². The molecule has 0 aliphatic heterocycles. The Bertz CT molecular complexity index is 1180. The van der Waals surface area contributed by atoms with Gasteiger partial charge in [-0.25, -0.2) is 4.79 Å². The van der Waals surface area contributed by atoms with Crippen molar-refractivity contribution in [2.45, 2.75) is 46.1 Å². The van der Waals surface area contributed by atoms with Crippen LogP contribution < -0.4 is 10.9 Å². The number of rotatable bonds is 9. The fraction of sp³-hybridized carbons (Fsp3) is 0.320. The summed E-state index contributed by atoms with van der Waals surface area (Å²) < 4.78 is 6.77. The average molecular weight is 437 g/mol. The first kappa shape index (κ1) is 23.1. The van der Waals surface area contributed by atoms with Crippen molar-refractivity contribution in [3.63, 3.8) is 0 Å². The molecule has 1 aromatic heterocycles. The number of fused-ring (bicyclic) bond motifs is 1. The second-order valence-corrected chi connectivity index (χ2v) is 7.49. The number of pyridine rings is 1.